The van der Waals surface area contributed by atoms with Crippen molar-refractivity contribution in [3.05, 3.63) is 45.1 Å². The Hall–Kier alpha value is -3.45. The first kappa shape index (κ1) is 22.2. The van der Waals surface area contributed by atoms with Crippen LogP contribution in [-0.4, -0.2) is 36.9 Å². The minimum absolute atomic E-state index is 0.00137. The van der Waals surface area contributed by atoms with E-state index in [1.54, 1.807) is 0 Å². The van der Waals surface area contributed by atoms with Crippen molar-refractivity contribution in [2.75, 3.05) is 0 Å². The average molecular weight is 449 g/mol. The molecule has 0 N–H and O–H groups in total. The third-order valence-corrected chi connectivity index (χ3v) is 4.04. The summed E-state index contributed by atoms with van der Waals surface area (Å²) in [6.45, 7) is -0.371. The van der Waals surface area contributed by atoms with Gasteiger partial charge in [0.2, 0.25) is 0 Å². The second kappa shape index (κ2) is 8.00. The number of fused-ring (bicyclic) bond motifs is 1. The van der Waals surface area contributed by atoms with Gasteiger partial charge in [0.15, 0.2) is 17.3 Å². The van der Waals surface area contributed by atoms with Gasteiger partial charge in [-0.05, 0) is 18.6 Å². The smallest absolute Gasteiger partial charge is 0.406 e. The fourth-order valence-electron chi connectivity index (χ4n) is 2.67. The molecule has 0 amide bonds. The number of aromatic nitrogens is 5. The molecule has 0 unspecified atom stereocenters. The standard InChI is InChI=1S/C17H13F6N5O3/c1-27-14(29)11-13(25-15(27)30)28(7-3-6-16(18,19)20)26-12(24-11)9-4-2-5-10(8-9)31-17(21,22)23/h2,4-5,8H,3,6-7H2,1H3. The molecule has 3 rings (SSSR count). The minimum atomic E-state index is -4.95. The Morgan fingerprint density at radius 3 is 2.42 bits per heavy atom. The van der Waals surface area contributed by atoms with Crippen molar-refractivity contribution in [3.63, 3.8) is 0 Å². The summed E-state index contributed by atoms with van der Waals surface area (Å²) in [5.41, 5.74) is -2.22. The van der Waals surface area contributed by atoms with Crippen LogP contribution in [0.4, 0.5) is 26.3 Å². The summed E-state index contributed by atoms with van der Waals surface area (Å²) < 4.78 is 80.4. The van der Waals surface area contributed by atoms with E-state index in [1.807, 2.05) is 0 Å². The fraction of sp³-hybridized carbons (Fsp3) is 0.353. The van der Waals surface area contributed by atoms with Crippen molar-refractivity contribution in [3.8, 4) is 28.7 Å². The van der Waals surface area contributed by atoms with Crippen LogP contribution in [0.2, 0.25) is 0 Å². The number of benzene rings is 1. The molecule has 166 valence electrons. The molecule has 31 heavy (non-hydrogen) atoms. The fourth-order valence-corrected chi connectivity index (χ4v) is 2.67. The number of nitrogens with zero attached hydrogens (tertiary/aromatic N) is 5. The molecule has 0 fully saturated rings. The zero-order valence-corrected chi connectivity index (χ0v) is 15.7. The Morgan fingerprint density at radius 2 is 1.77 bits per heavy atom. The van der Waals surface area contributed by atoms with Crippen LogP contribution in [0.1, 0.15) is 12.8 Å². The van der Waals surface area contributed by atoms with E-state index in [-0.39, 0.29) is 29.5 Å². The summed E-state index contributed by atoms with van der Waals surface area (Å²) in [6.07, 6.45) is -11.0. The van der Waals surface area contributed by atoms with Crippen molar-refractivity contribution in [1.29, 1.82) is 0 Å². The first-order valence-corrected chi connectivity index (χ1v) is 8.63. The van der Waals surface area contributed by atoms with Crippen LogP contribution in [0.5, 0.6) is 5.75 Å². The van der Waals surface area contributed by atoms with Gasteiger partial charge in [-0.15, -0.1) is 13.2 Å². The van der Waals surface area contributed by atoms with Crippen molar-refractivity contribution >= 4 is 0 Å². The lowest BCUT2D eigenvalue weighted by Gasteiger charge is -2.15. The lowest BCUT2D eigenvalue weighted by Crippen LogP contribution is -2.37. The van der Waals surface area contributed by atoms with E-state index in [0.29, 0.717) is 4.57 Å². The highest BCUT2D eigenvalue weighted by Gasteiger charge is 2.31. The van der Waals surface area contributed by atoms with Crippen LogP contribution in [0, 0.1) is 0 Å². The topological polar surface area (TPSA) is 91.9 Å². The average Bonchev–Trinajstić information content (AvgIpc) is 2.64. The molecule has 8 nitrogen and oxygen atoms in total. The van der Waals surface area contributed by atoms with Gasteiger partial charge < -0.3 is 4.74 Å². The van der Waals surface area contributed by atoms with E-state index in [2.05, 4.69) is 19.8 Å². The summed E-state index contributed by atoms with van der Waals surface area (Å²) in [5.74, 6) is -1.18. The van der Waals surface area contributed by atoms with Gasteiger partial charge in [-0.3, -0.25) is 9.36 Å². The zero-order valence-electron chi connectivity index (χ0n) is 15.7. The zero-order chi connectivity index (χ0) is 23.0. The molecule has 0 saturated carbocycles. The summed E-state index contributed by atoms with van der Waals surface area (Å²) in [7, 11) is 1.13. The van der Waals surface area contributed by atoms with Crippen LogP contribution in [0.15, 0.2) is 33.9 Å². The molecule has 0 bridgehead atoms. The lowest BCUT2D eigenvalue weighted by atomic mass is 10.2. The molecule has 0 atom stereocenters. The first-order valence-electron chi connectivity index (χ1n) is 8.63. The SMILES string of the molecule is Cn1c(=O)nc2n(CCCC(F)(F)F)nc(-c3cccc(OC(F)(F)F)c3)nc-2c1=O. The summed E-state index contributed by atoms with van der Waals surface area (Å²) >= 11 is 0. The Bertz CT molecular complexity index is 1180. The van der Waals surface area contributed by atoms with Crippen LogP contribution >= 0.6 is 0 Å². The van der Waals surface area contributed by atoms with E-state index in [9.17, 15) is 35.9 Å². The Balaban J connectivity index is 2.12. The molecule has 0 saturated heterocycles. The van der Waals surface area contributed by atoms with E-state index >= 15 is 0 Å². The normalized spacial score (nSPS) is 12.4. The van der Waals surface area contributed by atoms with E-state index in [1.165, 1.54) is 12.1 Å². The Kier molecular flexibility index (Phi) is 5.74. The third kappa shape index (κ3) is 5.38. The summed E-state index contributed by atoms with van der Waals surface area (Å²) in [4.78, 5) is 31.9. The molecule has 14 heteroatoms. The van der Waals surface area contributed by atoms with Crippen LogP contribution in [-0.2, 0) is 13.6 Å². The third-order valence-electron chi connectivity index (χ3n) is 4.04. The predicted octanol–water partition coefficient (Wildman–Crippen LogP) is 2.74. The highest BCUT2D eigenvalue weighted by atomic mass is 19.4. The van der Waals surface area contributed by atoms with Gasteiger partial charge in [0, 0.05) is 25.6 Å². The largest absolute Gasteiger partial charge is 0.573 e. The molecule has 0 radical (unpaired) electrons. The summed E-state index contributed by atoms with van der Waals surface area (Å²) in [5, 5.41) is 3.99. The van der Waals surface area contributed by atoms with Crippen LogP contribution in [0.25, 0.3) is 22.9 Å². The maximum atomic E-state index is 12.5. The molecule has 2 aliphatic rings. The molecule has 2 heterocycles. The second-order valence-electron chi connectivity index (χ2n) is 6.38. The van der Waals surface area contributed by atoms with E-state index in [4.69, 9.17) is 0 Å². The molecule has 0 aromatic heterocycles. The second-order valence-corrected chi connectivity index (χ2v) is 6.38. The van der Waals surface area contributed by atoms with Gasteiger partial charge in [-0.1, -0.05) is 12.1 Å². The van der Waals surface area contributed by atoms with Gasteiger partial charge in [-0.25, -0.2) is 14.5 Å². The molecule has 1 aromatic rings. The highest BCUT2D eigenvalue weighted by molar-refractivity contribution is 5.61. The number of ether oxygens (including phenoxy) is 1. The summed E-state index contributed by atoms with van der Waals surface area (Å²) in [6, 6.07) is 4.52. The van der Waals surface area contributed by atoms with Crippen LogP contribution < -0.4 is 16.0 Å². The van der Waals surface area contributed by atoms with Gasteiger partial charge in [0.1, 0.15) is 5.75 Å². The molecule has 0 spiro atoms. The lowest BCUT2D eigenvalue weighted by molar-refractivity contribution is -0.274. The molecular weight excluding hydrogens is 436 g/mol. The molecule has 0 aliphatic carbocycles. The molecule has 2 aliphatic heterocycles. The van der Waals surface area contributed by atoms with Crippen LogP contribution in [0.3, 0.4) is 0 Å². The number of hydrogen-bond acceptors (Lipinski definition) is 6. The van der Waals surface area contributed by atoms with E-state index in [0.717, 1.165) is 23.9 Å². The van der Waals surface area contributed by atoms with Gasteiger partial charge in [0.25, 0.3) is 5.56 Å². The van der Waals surface area contributed by atoms with Crippen molar-refractivity contribution in [2.45, 2.75) is 31.9 Å². The monoisotopic (exact) mass is 449 g/mol. The maximum absolute atomic E-state index is 12.5. The van der Waals surface area contributed by atoms with Crippen molar-refractivity contribution in [1.82, 2.24) is 24.3 Å². The Morgan fingerprint density at radius 1 is 1.06 bits per heavy atom. The maximum Gasteiger partial charge on any atom is 0.573 e. The Labute approximate surface area is 169 Å². The molecule has 1 aromatic carbocycles. The number of aryl methyl sites for hydroxylation is 1. The van der Waals surface area contributed by atoms with Gasteiger partial charge in [-0.2, -0.15) is 23.3 Å². The van der Waals surface area contributed by atoms with Crippen molar-refractivity contribution in [2.24, 2.45) is 7.05 Å². The van der Waals surface area contributed by atoms with Crippen molar-refractivity contribution < 1.29 is 31.1 Å². The highest BCUT2D eigenvalue weighted by Crippen LogP contribution is 2.28. The molecular formula is C17H13F6N5O3. The predicted molar refractivity (Wildman–Crippen MR) is 93.4 cm³/mol. The minimum Gasteiger partial charge on any atom is -0.406 e. The number of alkyl halides is 6. The number of hydrogen-bond donors (Lipinski definition) is 0. The van der Waals surface area contributed by atoms with E-state index < -0.39 is 42.4 Å². The number of rotatable bonds is 5. The van der Waals surface area contributed by atoms with Gasteiger partial charge >= 0.3 is 18.2 Å². The van der Waals surface area contributed by atoms with Gasteiger partial charge in [0.05, 0.1) is 0 Å². The first-order chi connectivity index (χ1) is 14.3. The number of halogens is 6. The quantitative estimate of drug-likeness (QED) is 0.557.